The Hall–Kier alpha value is -2.75. The van der Waals surface area contributed by atoms with Crippen LogP contribution in [-0.2, 0) is 11.3 Å². The van der Waals surface area contributed by atoms with Crippen LogP contribution < -0.4 is 14.8 Å². The van der Waals surface area contributed by atoms with E-state index in [1.807, 2.05) is 0 Å². The highest BCUT2D eigenvalue weighted by molar-refractivity contribution is 5.92. The number of carbonyl (C=O) groups excluding carboxylic acids is 1. The number of hydrogen-bond donors (Lipinski definition) is 1. The minimum absolute atomic E-state index is 0.0281. The number of nitrogens with one attached hydrogen (secondary N) is 1. The quantitative estimate of drug-likeness (QED) is 0.768. The van der Waals surface area contributed by atoms with E-state index >= 15 is 0 Å². The second-order valence-corrected chi connectivity index (χ2v) is 6.25. The molecule has 1 aromatic carbocycles. The standard InChI is InChI=1S/C18H19F3N2O5/c19-18(20,21)27-14-3-1-13(2-4-14)26-11-15-9-16(23-28-15)17(24)22-10-12-5-7-25-8-6-12/h1-4,9,12H,5-8,10-11H2,(H,22,24). The number of hydrogen-bond acceptors (Lipinski definition) is 6. The number of halogens is 3. The van der Waals surface area contributed by atoms with Gasteiger partial charge >= 0.3 is 6.36 Å². The summed E-state index contributed by atoms with van der Waals surface area (Å²) in [4.78, 5) is 12.1. The Balaban J connectivity index is 1.45. The molecule has 152 valence electrons. The van der Waals surface area contributed by atoms with E-state index in [-0.39, 0.29) is 24.0 Å². The molecule has 28 heavy (non-hydrogen) atoms. The second kappa shape index (κ2) is 8.96. The highest BCUT2D eigenvalue weighted by atomic mass is 19.4. The monoisotopic (exact) mass is 400 g/mol. The topological polar surface area (TPSA) is 82.8 Å². The van der Waals surface area contributed by atoms with Crippen LogP contribution in [0.25, 0.3) is 0 Å². The molecule has 1 amide bonds. The molecule has 1 aliphatic rings. The van der Waals surface area contributed by atoms with Gasteiger partial charge in [-0.2, -0.15) is 0 Å². The molecule has 1 saturated heterocycles. The predicted octanol–water partition coefficient (Wildman–Crippen LogP) is 3.31. The van der Waals surface area contributed by atoms with Crippen molar-refractivity contribution in [1.82, 2.24) is 10.5 Å². The molecule has 0 radical (unpaired) electrons. The zero-order valence-electron chi connectivity index (χ0n) is 14.8. The lowest BCUT2D eigenvalue weighted by atomic mass is 10.0. The molecule has 0 bridgehead atoms. The summed E-state index contributed by atoms with van der Waals surface area (Å²) in [6.07, 6.45) is -2.93. The Morgan fingerprint density at radius 2 is 1.86 bits per heavy atom. The highest BCUT2D eigenvalue weighted by Gasteiger charge is 2.31. The molecule has 0 atom stereocenters. The molecule has 0 unspecified atom stereocenters. The Labute approximate surface area is 158 Å². The number of alkyl halides is 3. The van der Waals surface area contributed by atoms with Crippen molar-refractivity contribution >= 4 is 5.91 Å². The van der Waals surface area contributed by atoms with Crippen LogP contribution in [0.2, 0.25) is 0 Å². The van der Waals surface area contributed by atoms with Gasteiger partial charge in [0, 0.05) is 25.8 Å². The molecule has 1 N–H and O–H groups in total. The third kappa shape index (κ3) is 6.15. The predicted molar refractivity (Wildman–Crippen MR) is 89.8 cm³/mol. The van der Waals surface area contributed by atoms with Crippen LogP contribution in [0.1, 0.15) is 29.1 Å². The molecule has 2 heterocycles. The van der Waals surface area contributed by atoms with Gasteiger partial charge < -0.3 is 24.1 Å². The van der Waals surface area contributed by atoms with Crippen LogP contribution in [-0.4, -0.2) is 37.2 Å². The first-order valence-corrected chi connectivity index (χ1v) is 8.69. The van der Waals surface area contributed by atoms with E-state index in [1.54, 1.807) is 0 Å². The number of benzene rings is 1. The Bertz CT molecular complexity index is 770. The summed E-state index contributed by atoms with van der Waals surface area (Å²) in [6.45, 7) is 1.93. The van der Waals surface area contributed by atoms with Gasteiger partial charge in [0.25, 0.3) is 5.91 Å². The molecule has 1 aliphatic heterocycles. The zero-order chi connectivity index (χ0) is 20.0. The van der Waals surface area contributed by atoms with Gasteiger partial charge in [0.1, 0.15) is 18.1 Å². The van der Waals surface area contributed by atoms with Gasteiger partial charge in [-0.15, -0.1) is 13.2 Å². The lowest BCUT2D eigenvalue weighted by molar-refractivity contribution is -0.274. The first-order valence-electron chi connectivity index (χ1n) is 8.69. The Morgan fingerprint density at radius 3 is 2.54 bits per heavy atom. The number of ether oxygens (including phenoxy) is 3. The molecule has 0 aliphatic carbocycles. The van der Waals surface area contributed by atoms with Crippen molar-refractivity contribution in [2.75, 3.05) is 19.8 Å². The van der Waals surface area contributed by atoms with Gasteiger partial charge in [-0.3, -0.25) is 4.79 Å². The number of nitrogens with zero attached hydrogens (tertiary/aromatic N) is 1. The third-order valence-electron chi connectivity index (χ3n) is 4.12. The lowest BCUT2D eigenvalue weighted by Crippen LogP contribution is -2.32. The second-order valence-electron chi connectivity index (χ2n) is 6.25. The van der Waals surface area contributed by atoms with Crippen molar-refractivity contribution in [2.24, 2.45) is 5.92 Å². The van der Waals surface area contributed by atoms with E-state index in [1.165, 1.54) is 18.2 Å². The molecule has 1 fully saturated rings. The summed E-state index contributed by atoms with van der Waals surface area (Å²) in [5, 5.41) is 6.53. The van der Waals surface area contributed by atoms with Crippen molar-refractivity contribution in [3.63, 3.8) is 0 Å². The summed E-state index contributed by atoms with van der Waals surface area (Å²) < 4.78 is 55.9. The molecule has 0 spiro atoms. The molecular formula is C18H19F3N2O5. The summed E-state index contributed by atoms with van der Waals surface area (Å²) in [5.41, 5.74) is 0.139. The van der Waals surface area contributed by atoms with Crippen LogP contribution in [0.4, 0.5) is 13.2 Å². The summed E-state index contributed by atoms with van der Waals surface area (Å²) in [6, 6.07) is 6.40. The number of carbonyl (C=O) groups is 1. The van der Waals surface area contributed by atoms with E-state index in [0.29, 0.717) is 37.2 Å². The van der Waals surface area contributed by atoms with Crippen molar-refractivity contribution < 1.29 is 36.7 Å². The number of aromatic nitrogens is 1. The fourth-order valence-electron chi connectivity index (χ4n) is 2.66. The fraction of sp³-hybridized carbons (Fsp3) is 0.444. The first-order chi connectivity index (χ1) is 13.4. The van der Waals surface area contributed by atoms with E-state index in [4.69, 9.17) is 14.0 Å². The molecule has 1 aromatic heterocycles. The molecule has 3 rings (SSSR count). The molecule has 0 saturated carbocycles. The van der Waals surface area contributed by atoms with Crippen LogP contribution >= 0.6 is 0 Å². The maximum absolute atomic E-state index is 12.1. The molecule has 2 aromatic rings. The van der Waals surface area contributed by atoms with Crippen molar-refractivity contribution in [1.29, 1.82) is 0 Å². The van der Waals surface area contributed by atoms with Crippen molar-refractivity contribution in [3.05, 3.63) is 41.8 Å². The van der Waals surface area contributed by atoms with Crippen LogP contribution in [0, 0.1) is 5.92 Å². The van der Waals surface area contributed by atoms with Gasteiger partial charge in [0.2, 0.25) is 0 Å². The van der Waals surface area contributed by atoms with Crippen LogP contribution in [0.3, 0.4) is 0 Å². The maximum atomic E-state index is 12.1. The average molecular weight is 400 g/mol. The van der Waals surface area contributed by atoms with E-state index < -0.39 is 6.36 Å². The van der Waals surface area contributed by atoms with Gasteiger partial charge in [-0.25, -0.2) is 0 Å². The minimum Gasteiger partial charge on any atom is -0.486 e. The maximum Gasteiger partial charge on any atom is 0.573 e. The summed E-state index contributed by atoms with van der Waals surface area (Å²) in [5.74, 6) is 0.332. The molecular weight excluding hydrogens is 381 g/mol. The van der Waals surface area contributed by atoms with Gasteiger partial charge in [-0.05, 0) is 43.0 Å². The number of rotatable bonds is 7. The molecule has 7 nitrogen and oxygen atoms in total. The Morgan fingerprint density at radius 1 is 1.18 bits per heavy atom. The summed E-state index contributed by atoms with van der Waals surface area (Å²) in [7, 11) is 0. The Kier molecular flexibility index (Phi) is 6.40. The van der Waals surface area contributed by atoms with Crippen molar-refractivity contribution in [2.45, 2.75) is 25.8 Å². The SMILES string of the molecule is O=C(NCC1CCOCC1)c1cc(COc2ccc(OC(F)(F)F)cc2)on1. The third-order valence-corrected chi connectivity index (χ3v) is 4.12. The molecule has 10 heteroatoms. The normalized spacial score (nSPS) is 15.2. The summed E-state index contributed by atoms with van der Waals surface area (Å²) >= 11 is 0. The zero-order valence-corrected chi connectivity index (χ0v) is 14.8. The van der Waals surface area contributed by atoms with Gasteiger partial charge in [0.15, 0.2) is 11.5 Å². The van der Waals surface area contributed by atoms with E-state index in [9.17, 15) is 18.0 Å². The average Bonchev–Trinajstić information content (AvgIpc) is 3.14. The van der Waals surface area contributed by atoms with Crippen LogP contribution in [0.5, 0.6) is 11.5 Å². The van der Waals surface area contributed by atoms with E-state index in [2.05, 4.69) is 15.2 Å². The number of amides is 1. The first kappa shape index (κ1) is 20.0. The minimum atomic E-state index is -4.75. The highest BCUT2D eigenvalue weighted by Crippen LogP contribution is 2.25. The van der Waals surface area contributed by atoms with Gasteiger partial charge in [-0.1, -0.05) is 5.16 Å². The van der Waals surface area contributed by atoms with E-state index in [0.717, 1.165) is 25.0 Å². The smallest absolute Gasteiger partial charge is 0.486 e. The largest absolute Gasteiger partial charge is 0.573 e. The lowest BCUT2D eigenvalue weighted by Gasteiger charge is -2.21. The van der Waals surface area contributed by atoms with Crippen molar-refractivity contribution in [3.8, 4) is 11.5 Å². The fourth-order valence-corrected chi connectivity index (χ4v) is 2.66. The van der Waals surface area contributed by atoms with Crippen LogP contribution in [0.15, 0.2) is 34.9 Å². The van der Waals surface area contributed by atoms with Gasteiger partial charge in [0.05, 0.1) is 0 Å².